The van der Waals surface area contributed by atoms with E-state index in [1.54, 1.807) is 0 Å². The number of pyridine rings is 1. The Morgan fingerprint density at radius 1 is 0.812 bits per heavy atom. The highest BCUT2D eigenvalue weighted by Gasteiger charge is 2.21. The lowest BCUT2D eigenvalue weighted by atomic mass is 9.88. The summed E-state index contributed by atoms with van der Waals surface area (Å²) in [5.74, 6) is 0.932. The summed E-state index contributed by atoms with van der Waals surface area (Å²) >= 11 is 1.83. The summed E-state index contributed by atoms with van der Waals surface area (Å²) in [6.45, 7) is 6.63. The number of benzene rings is 3. The second-order valence-electron chi connectivity index (χ2n) is 9.20. The van der Waals surface area contributed by atoms with Crippen molar-refractivity contribution >= 4 is 42.7 Å². The fourth-order valence-electron chi connectivity index (χ4n) is 4.30. The van der Waals surface area contributed by atoms with E-state index in [1.165, 1.54) is 25.7 Å². The molecule has 3 aromatic carbocycles. The van der Waals surface area contributed by atoms with Crippen molar-refractivity contribution < 1.29 is 0 Å². The third-order valence-electron chi connectivity index (χ3n) is 6.02. The lowest BCUT2D eigenvalue weighted by molar-refractivity contribution is 0.588. The van der Waals surface area contributed by atoms with E-state index in [1.807, 2.05) is 23.6 Å². The van der Waals surface area contributed by atoms with Gasteiger partial charge in [-0.3, -0.25) is 4.57 Å². The van der Waals surface area contributed by atoms with Gasteiger partial charge in [0.25, 0.3) is 0 Å². The minimum atomic E-state index is 0.0172. The third kappa shape index (κ3) is 2.94. The quantitative estimate of drug-likeness (QED) is 0.279. The summed E-state index contributed by atoms with van der Waals surface area (Å²) in [5.41, 5.74) is 5.23. The number of imidazole rings is 1. The van der Waals surface area contributed by atoms with E-state index < -0.39 is 0 Å². The van der Waals surface area contributed by atoms with Crippen LogP contribution in [0.25, 0.3) is 48.4 Å². The van der Waals surface area contributed by atoms with Crippen LogP contribution in [0.2, 0.25) is 0 Å². The highest BCUT2D eigenvalue weighted by molar-refractivity contribution is 7.26. The van der Waals surface area contributed by atoms with Crippen LogP contribution in [0.3, 0.4) is 0 Å². The Bertz CT molecular complexity index is 1600. The largest absolute Gasteiger partial charge is 0.277 e. The number of thiophene rings is 1. The summed E-state index contributed by atoms with van der Waals surface area (Å²) < 4.78 is 4.75. The summed E-state index contributed by atoms with van der Waals surface area (Å²) in [7, 11) is 0. The number of rotatable bonds is 2. The molecule has 156 valence electrons. The zero-order chi connectivity index (χ0) is 21.9. The highest BCUT2D eigenvalue weighted by atomic mass is 32.1. The van der Waals surface area contributed by atoms with Gasteiger partial charge in [0, 0.05) is 37.6 Å². The molecule has 0 aliphatic heterocycles. The minimum absolute atomic E-state index is 0.0172. The van der Waals surface area contributed by atoms with Crippen LogP contribution in [-0.4, -0.2) is 14.5 Å². The number of aromatic nitrogens is 3. The molecule has 3 nitrogen and oxygen atoms in total. The van der Waals surface area contributed by atoms with E-state index in [2.05, 4.69) is 98.1 Å². The second-order valence-corrected chi connectivity index (χ2v) is 10.3. The van der Waals surface area contributed by atoms with Gasteiger partial charge in [0.2, 0.25) is 0 Å². The van der Waals surface area contributed by atoms with Gasteiger partial charge in [-0.05, 0) is 41.3 Å². The first kappa shape index (κ1) is 19.2. The SMILES string of the molecule is CC(C)(C)c1cnc2c(c1)nc(-c1cccc3c1sc1ccccc13)n2-c1ccccc1. The second kappa shape index (κ2) is 7.01. The molecule has 0 saturated heterocycles. The van der Waals surface area contributed by atoms with Crippen LogP contribution >= 0.6 is 11.3 Å². The smallest absolute Gasteiger partial charge is 0.164 e. The number of hydrogen-bond donors (Lipinski definition) is 0. The first-order valence-electron chi connectivity index (χ1n) is 10.9. The molecule has 0 spiro atoms. The van der Waals surface area contributed by atoms with Gasteiger partial charge in [-0.2, -0.15) is 0 Å². The van der Waals surface area contributed by atoms with Crippen LogP contribution in [0.1, 0.15) is 26.3 Å². The van der Waals surface area contributed by atoms with Crippen LogP contribution in [0.4, 0.5) is 0 Å². The van der Waals surface area contributed by atoms with Crippen LogP contribution in [0.15, 0.2) is 85.1 Å². The van der Waals surface area contributed by atoms with Crippen molar-refractivity contribution in [1.82, 2.24) is 14.5 Å². The average molecular weight is 434 g/mol. The predicted octanol–water partition coefficient (Wildman–Crippen LogP) is 7.75. The summed E-state index contributed by atoms with van der Waals surface area (Å²) in [5, 5.41) is 2.57. The summed E-state index contributed by atoms with van der Waals surface area (Å²) in [4.78, 5) is 10.1. The molecular weight excluding hydrogens is 410 g/mol. The van der Waals surface area contributed by atoms with Gasteiger partial charge < -0.3 is 0 Å². The summed E-state index contributed by atoms with van der Waals surface area (Å²) in [6, 6.07) is 27.7. The predicted molar refractivity (Wildman–Crippen MR) is 136 cm³/mol. The number of para-hydroxylation sites is 1. The maximum atomic E-state index is 5.16. The van der Waals surface area contributed by atoms with E-state index in [0.29, 0.717) is 0 Å². The molecule has 4 heteroatoms. The molecule has 0 aliphatic rings. The van der Waals surface area contributed by atoms with Crippen LogP contribution in [-0.2, 0) is 5.41 Å². The maximum absolute atomic E-state index is 5.16. The normalized spacial score (nSPS) is 12.2. The molecule has 0 fully saturated rings. The van der Waals surface area contributed by atoms with Crippen molar-refractivity contribution in [2.45, 2.75) is 26.2 Å². The Morgan fingerprint density at radius 3 is 2.38 bits per heavy atom. The molecule has 0 atom stereocenters. The Labute approximate surface area is 191 Å². The number of nitrogens with zero attached hydrogens (tertiary/aromatic N) is 3. The van der Waals surface area contributed by atoms with Crippen molar-refractivity contribution in [2.24, 2.45) is 0 Å². The molecule has 3 heterocycles. The average Bonchev–Trinajstić information content (AvgIpc) is 3.37. The molecular formula is C28H23N3S. The Kier molecular flexibility index (Phi) is 4.21. The minimum Gasteiger partial charge on any atom is -0.277 e. The molecule has 0 unspecified atom stereocenters. The molecule has 0 aliphatic carbocycles. The fraction of sp³-hybridized carbons (Fsp3) is 0.143. The molecule has 6 aromatic rings. The van der Waals surface area contributed by atoms with Gasteiger partial charge >= 0.3 is 0 Å². The molecule has 3 aromatic heterocycles. The molecule has 32 heavy (non-hydrogen) atoms. The van der Waals surface area contributed by atoms with Gasteiger partial charge in [0.1, 0.15) is 11.3 Å². The van der Waals surface area contributed by atoms with E-state index >= 15 is 0 Å². The van der Waals surface area contributed by atoms with Crippen molar-refractivity contribution in [2.75, 3.05) is 0 Å². The number of hydrogen-bond acceptors (Lipinski definition) is 3. The molecule has 0 bridgehead atoms. The maximum Gasteiger partial charge on any atom is 0.164 e. The molecule has 0 amide bonds. The fourth-order valence-corrected chi connectivity index (χ4v) is 5.51. The first-order valence-corrected chi connectivity index (χ1v) is 11.7. The van der Waals surface area contributed by atoms with E-state index in [4.69, 9.17) is 9.97 Å². The Balaban J connectivity index is 1.71. The lowest BCUT2D eigenvalue weighted by Crippen LogP contribution is -2.11. The third-order valence-corrected chi connectivity index (χ3v) is 7.24. The van der Waals surface area contributed by atoms with E-state index in [0.717, 1.165) is 28.2 Å². The number of fused-ring (bicyclic) bond motifs is 4. The van der Waals surface area contributed by atoms with Gasteiger partial charge in [0.05, 0.1) is 0 Å². The van der Waals surface area contributed by atoms with Gasteiger partial charge in [0.15, 0.2) is 5.65 Å². The standard InChI is InChI=1S/C28H23N3S/c1-28(2,3)18-16-23-27(29-17-18)31(19-10-5-4-6-11-19)26(30-23)22-14-9-13-21-20-12-7-8-15-24(20)32-25(21)22/h4-17H,1-3H3. The molecule has 0 saturated carbocycles. The monoisotopic (exact) mass is 433 g/mol. The highest BCUT2D eigenvalue weighted by Crippen LogP contribution is 2.41. The zero-order valence-electron chi connectivity index (χ0n) is 18.3. The van der Waals surface area contributed by atoms with E-state index in [-0.39, 0.29) is 5.41 Å². The van der Waals surface area contributed by atoms with Crippen molar-refractivity contribution in [3.8, 4) is 17.1 Å². The van der Waals surface area contributed by atoms with Crippen molar-refractivity contribution in [3.63, 3.8) is 0 Å². The topological polar surface area (TPSA) is 30.7 Å². The van der Waals surface area contributed by atoms with Crippen molar-refractivity contribution in [3.05, 3.63) is 90.6 Å². The van der Waals surface area contributed by atoms with Crippen LogP contribution < -0.4 is 0 Å². The first-order chi connectivity index (χ1) is 15.5. The van der Waals surface area contributed by atoms with Crippen LogP contribution in [0, 0.1) is 0 Å². The molecule has 0 radical (unpaired) electrons. The molecule has 6 rings (SSSR count). The van der Waals surface area contributed by atoms with E-state index in [9.17, 15) is 0 Å². The summed E-state index contributed by atoms with van der Waals surface area (Å²) in [6.07, 6.45) is 1.99. The Morgan fingerprint density at radius 2 is 1.56 bits per heavy atom. The van der Waals surface area contributed by atoms with Gasteiger partial charge in [-0.1, -0.05) is 69.3 Å². The Hall–Kier alpha value is -3.50. The molecule has 0 N–H and O–H groups in total. The van der Waals surface area contributed by atoms with Gasteiger partial charge in [-0.15, -0.1) is 11.3 Å². The van der Waals surface area contributed by atoms with Gasteiger partial charge in [-0.25, -0.2) is 9.97 Å². The van der Waals surface area contributed by atoms with Crippen LogP contribution in [0.5, 0.6) is 0 Å². The van der Waals surface area contributed by atoms with Crippen molar-refractivity contribution in [1.29, 1.82) is 0 Å². The zero-order valence-corrected chi connectivity index (χ0v) is 19.1. The lowest BCUT2D eigenvalue weighted by Gasteiger charge is -2.18.